The molecule has 3 fully saturated rings. The van der Waals surface area contributed by atoms with Crippen LogP contribution in [-0.4, -0.2) is 6.04 Å². The maximum atomic E-state index is 7.30. The molecule has 0 spiro atoms. The van der Waals surface area contributed by atoms with Gasteiger partial charge in [-0.3, -0.25) is 0 Å². The summed E-state index contributed by atoms with van der Waals surface area (Å²) in [5.41, 5.74) is 0. The van der Waals surface area contributed by atoms with Crippen molar-refractivity contribution in [2.45, 2.75) is 38.1 Å². The monoisotopic (exact) mass is 307 g/mol. The molecule has 20 heavy (non-hydrogen) atoms. The second kappa shape index (κ2) is 10.7. The van der Waals surface area contributed by atoms with Gasteiger partial charge in [0.1, 0.15) is 0 Å². The molecule has 106 valence electrons. The Balaban J connectivity index is 0.000000283. The first-order chi connectivity index (χ1) is 9.42. The fourth-order valence-electron chi connectivity index (χ4n) is 2.81. The molecule has 1 unspecified atom stereocenters. The topological polar surface area (TPSA) is 4.36 Å². The minimum absolute atomic E-state index is 0. The van der Waals surface area contributed by atoms with Crippen molar-refractivity contribution >= 4 is 0 Å². The van der Waals surface area contributed by atoms with Crippen molar-refractivity contribution < 1.29 is 17.1 Å². The van der Waals surface area contributed by atoms with Crippen LogP contribution in [0.2, 0.25) is 0 Å². The third-order valence-corrected chi connectivity index (χ3v) is 3.82. The van der Waals surface area contributed by atoms with Crippen molar-refractivity contribution in [3.05, 3.63) is 75.1 Å². The summed E-state index contributed by atoms with van der Waals surface area (Å²) < 4.78 is 0. The fraction of sp³-hybridized carbons (Fsp3) is 0.389. The standard InChI is InChI=1S/C13H16N.C5H5.Fe/c1-14-13(12-9-5-6-10-12)11-7-3-2-4-8-11;1-2-4-5-3-1;/h5-6,9-11,13H,2-4,7-8H2;1-5H;. The molecule has 1 nitrogen and oxygen atoms in total. The largest absolute Gasteiger partial charge is 0.313 e. The smallest absolute Gasteiger partial charge is 0.233 e. The first kappa shape index (κ1) is 18.1. The van der Waals surface area contributed by atoms with E-state index in [0.29, 0.717) is 5.92 Å². The molecule has 0 N–H and O–H groups in total. The molecule has 0 amide bonds. The molecule has 3 rings (SSSR count). The Morgan fingerprint density at radius 3 is 1.80 bits per heavy atom. The van der Waals surface area contributed by atoms with Gasteiger partial charge in [-0.15, -0.1) is 0 Å². The summed E-state index contributed by atoms with van der Waals surface area (Å²) >= 11 is 0. The Kier molecular flexibility index (Phi) is 9.66. The van der Waals surface area contributed by atoms with Gasteiger partial charge < -0.3 is 4.85 Å². The van der Waals surface area contributed by atoms with Gasteiger partial charge in [0.05, 0.1) is 5.92 Å². The van der Waals surface area contributed by atoms with Crippen LogP contribution in [0.3, 0.4) is 0 Å². The summed E-state index contributed by atoms with van der Waals surface area (Å²) in [4.78, 5) is 3.80. The molecule has 0 aromatic rings. The van der Waals surface area contributed by atoms with E-state index in [4.69, 9.17) is 6.57 Å². The number of rotatable bonds is 2. The Bertz CT molecular complexity index is 260. The molecule has 0 aliphatic heterocycles. The normalized spacial score (nSPS) is 25.1. The van der Waals surface area contributed by atoms with E-state index >= 15 is 0 Å². The summed E-state index contributed by atoms with van der Waals surface area (Å²) in [5, 5.41) is 0. The molecule has 10 radical (unpaired) electrons. The van der Waals surface area contributed by atoms with Crippen molar-refractivity contribution in [2.75, 3.05) is 0 Å². The maximum Gasteiger partial charge on any atom is 0.233 e. The van der Waals surface area contributed by atoms with Crippen molar-refractivity contribution in [3.8, 4) is 0 Å². The van der Waals surface area contributed by atoms with Crippen LogP contribution in [0.4, 0.5) is 0 Å². The van der Waals surface area contributed by atoms with Gasteiger partial charge in [-0.05, 0) is 70.6 Å². The van der Waals surface area contributed by atoms with Crippen molar-refractivity contribution in [3.63, 3.8) is 0 Å². The molecule has 0 bridgehead atoms. The van der Waals surface area contributed by atoms with Gasteiger partial charge in [-0.2, -0.15) is 0 Å². The maximum absolute atomic E-state index is 7.30. The minimum atomic E-state index is 0. The molecule has 1 atom stereocenters. The molecule has 3 aliphatic rings. The van der Waals surface area contributed by atoms with Gasteiger partial charge in [0.15, 0.2) is 0 Å². The van der Waals surface area contributed by atoms with Gasteiger partial charge in [-0.25, -0.2) is 6.57 Å². The molecule has 0 saturated heterocycles. The van der Waals surface area contributed by atoms with Crippen molar-refractivity contribution in [2.24, 2.45) is 5.92 Å². The Hall–Kier alpha value is 0.00948. The Morgan fingerprint density at radius 2 is 1.35 bits per heavy atom. The van der Waals surface area contributed by atoms with Gasteiger partial charge in [0, 0.05) is 23.0 Å². The summed E-state index contributed by atoms with van der Waals surface area (Å²) in [6.45, 7) is 7.30. The second-order valence-corrected chi connectivity index (χ2v) is 5.15. The van der Waals surface area contributed by atoms with Crippen LogP contribution in [0.1, 0.15) is 32.1 Å². The van der Waals surface area contributed by atoms with Crippen molar-refractivity contribution in [1.82, 2.24) is 0 Å². The minimum Gasteiger partial charge on any atom is -0.313 e. The average Bonchev–Trinajstić information content (AvgIpc) is 3.17. The predicted molar refractivity (Wildman–Crippen MR) is 78.9 cm³/mol. The summed E-state index contributed by atoms with van der Waals surface area (Å²) in [6, 6.07) is 0.130. The van der Waals surface area contributed by atoms with Gasteiger partial charge in [-0.1, -0.05) is 19.3 Å². The van der Waals surface area contributed by atoms with Gasteiger partial charge in [0.25, 0.3) is 0 Å². The summed E-state index contributed by atoms with van der Waals surface area (Å²) in [7, 11) is 0. The average molecular weight is 307 g/mol. The first-order valence-electron chi connectivity index (χ1n) is 7.16. The second-order valence-electron chi connectivity index (χ2n) is 5.15. The van der Waals surface area contributed by atoms with Crippen LogP contribution >= 0.6 is 0 Å². The molecule has 0 heterocycles. The number of nitrogens with zero attached hydrogens (tertiary/aromatic N) is 1. The van der Waals surface area contributed by atoms with E-state index in [1.807, 2.05) is 44.9 Å². The van der Waals surface area contributed by atoms with E-state index in [1.54, 1.807) is 0 Å². The van der Waals surface area contributed by atoms with E-state index in [2.05, 4.69) is 17.7 Å². The zero-order valence-electron chi connectivity index (χ0n) is 11.7. The van der Waals surface area contributed by atoms with E-state index in [-0.39, 0.29) is 23.1 Å². The first-order valence-corrected chi connectivity index (χ1v) is 7.16. The van der Waals surface area contributed by atoms with Crippen LogP contribution in [0.25, 0.3) is 4.85 Å². The third kappa shape index (κ3) is 5.79. The van der Waals surface area contributed by atoms with Crippen molar-refractivity contribution in [1.29, 1.82) is 0 Å². The zero-order valence-corrected chi connectivity index (χ0v) is 12.8. The van der Waals surface area contributed by atoms with Crippen LogP contribution < -0.4 is 0 Å². The molecular weight excluding hydrogens is 286 g/mol. The van der Waals surface area contributed by atoms with Gasteiger partial charge >= 0.3 is 0 Å². The van der Waals surface area contributed by atoms with Crippen LogP contribution in [-0.2, 0) is 17.1 Å². The summed E-state index contributed by atoms with van der Waals surface area (Å²) in [5.74, 6) is 1.84. The number of hydrogen-bond acceptors (Lipinski definition) is 0. The molecule has 0 aromatic heterocycles. The number of hydrogen-bond donors (Lipinski definition) is 0. The predicted octanol–water partition coefficient (Wildman–Crippen LogP) is 4.28. The Labute approximate surface area is 136 Å². The quantitative estimate of drug-likeness (QED) is 0.530. The van der Waals surface area contributed by atoms with E-state index in [1.165, 1.54) is 38.0 Å². The van der Waals surface area contributed by atoms with Gasteiger partial charge in [0.2, 0.25) is 6.04 Å². The van der Waals surface area contributed by atoms with Crippen LogP contribution in [0.5, 0.6) is 0 Å². The zero-order chi connectivity index (χ0) is 13.3. The summed E-state index contributed by atoms with van der Waals surface area (Å²) in [6.07, 6.45) is 24.8. The van der Waals surface area contributed by atoms with E-state index < -0.39 is 0 Å². The molecule has 3 saturated carbocycles. The fourth-order valence-corrected chi connectivity index (χ4v) is 2.81. The van der Waals surface area contributed by atoms with E-state index in [0.717, 1.165) is 0 Å². The van der Waals surface area contributed by atoms with E-state index in [9.17, 15) is 0 Å². The molecule has 3 aliphatic carbocycles. The molecular formula is C18H21FeN. The third-order valence-electron chi connectivity index (χ3n) is 3.82. The molecule has 2 heteroatoms. The Morgan fingerprint density at radius 1 is 0.850 bits per heavy atom. The van der Waals surface area contributed by atoms with Crippen LogP contribution in [0.15, 0.2) is 0 Å². The van der Waals surface area contributed by atoms with Crippen LogP contribution in [0, 0.1) is 76.2 Å². The molecule has 0 aromatic carbocycles. The SMILES string of the molecule is [C-]#[N+]C([C]1[CH][CH][CH][CH]1)C1CCCCC1.[CH]1[CH][CH][CH][CH]1.[Fe].